The summed E-state index contributed by atoms with van der Waals surface area (Å²) in [4.78, 5) is 12.4. The number of hydrogen-bond acceptors (Lipinski definition) is 6. The first-order valence-electron chi connectivity index (χ1n) is 7.57. The minimum absolute atomic E-state index is 0.108. The number of nitrogens with zero attached hydrogens (tertiary/aromatic N) is 4. The van der Waals surface area contributed by atoms with Crippen LogP contribution in [0.5, 0.6) is 5.75 Å². The molecule has 122 valence electrons. The van der Waals surface area contributed by atoms with Crippen LogP contribution in [-0.2, 0) is 18.4 Å². The molecule has 1 aliphatic rings. The van der Waals surface area contributed by atoms with Crippen LogP contribution in [0.3, 0.4) is 0 Å². The Balaban J connectivity index is 1.62. The summed E-state index contributed by atoms with van der Waals surface area (Å²) in [5, 5.41) is 14.0. The zero-order valence-electron chi connectivity index (χ0n) is 12.9. The number of hydrogen-bond donors (Lipinski definition) is 1. The highest BCUT2D eigenvalue weighted by molar-refractivity contribution is 5.96. The van der Waals surface area contributed by atoms with Crippen LogP contribution in [0.1, 0.15) is 29.0 Å². The molecule has 23 heavy (non-hydrogen) atoms. The van der Waals surface area contributed by atoms with Crippen LogP contribution < -0.4 is 10.1 Å². The minimum Gasteiger partial charge on any atom is -0.485 e. The summed E-state index contributed by atoms with van der Waals surface area (Å²) in [5.41, 5.74) is 0.487. The molecule has 1 fully saturated rings. The third-order valence-electron chi connectivity index (χ3n) is 3.71. The van der Waals surface area contributed by atoms with Crippen LogP contribution in [0.15, 0.2) is 24.3 Å². The van der Waals surface area contributed by atoms with Crippen LogP contribution in [-0.4, -0.2) is 45.4 Å². The molecule has 1 amide bonds. The SMILES string of the molecule is Cn1nnnc1COc1ccccc1C(=O)NC[C@@H]1CCCO1. The van der Waals surface area contributed by atoms with E-state index in [0.29, 0.717) is 23.7 Å². The molecule has 1 N–H and O–H groups in total. The third kappa shape index (κ3) is 3.84. The van der Waals surface area contributed by atoms with Gasteiger partial charge in [0, 0.05) is 20.2 Å². The first-order chi connectivity index (χ1) is 11.2. The van der Waals surface area contributed by atoms with Gasteiger partial charge in [-0.15, -0.1) is 5.10 Å². The van der Waals surface area contributed by atoms with Gasteiger partial charge in [0.1, 0.15) is 12.4 Å². The van der Waals surface area contributed by atoms with E-state index in [1.54, 1.807) is 25.2 Å². The number of amides is 1. The highest BCUT2D eigenvalue weighted by Crippen LogP contribution is 2.19. The lowest BCUT2D eigenvalue weighted by molar-refractivity contribution is 0.0854. The van der Waals surface area contributed by atoms with E-state index < -0.39 is 0 Å². The van der Waals surface area contributed by atoms with E-state index in [0.717, 1.165) is 19.4 Å². The number of rotatable bonds is 6. The molecule has 2 aromatic rings. The van der Waals surface area contributed by atoms with Crippen molar-refractivity contribution in [1.82, 2.24) is 25.5 Å². The lowest BCUT2D eigenvalue weighted by Gasteiger charge is -2.13. The molecule has 0 aliphatic carbocycles. The second-order valence-electron chi connectivity index (χ2n) is 5.35. The van der Waals surface area contributed by atoms with E-state index in [-0.39, 0.29) is 18.6 Å². The second kappa shape index (κ2) is 7.19. The van der Waals surface area contributed by atoms with Crippen molar-refractivity contribution >= 4 is 5.91 Å². The van der Waals surface area contributed by atoms with Gasteiger partial charge >= 0.3 is 0 Å². The number of aryl methyl sites for hydroxylation is 1. The van der Waals surface area contributed by atoms with Crippen LogP contribution in [0.25, 0.3) is 0 Å². The van der Waals surface area contributed by atoms with Gasteiger partial charge in [-0.3, -0.25) is 4.79 Å². The quantitative estimate of drug-likeness (QED) is 0.843. The molecule has 0 spiro atoms. The zero-order valence-corrected chi connectivity index (χ0v) is 12.9. The number of benzene rings is 1. The first kappa shape index (κ1) is 15.4. The number of carbonyl (C=O) groups is 1. The lowest BCUT2D eigenvalue weighted by Crippen LogP contribution is -2.32. The molecule has 1 atom stereocenters. The second-order valence-corrected chi connectivity index (χ2v) is 5.35. The molecule has 0 unspecified atom stereocenters. The topological polar surface area (TPSA) is 91.2 Å². The molecule has 1 aliphatic heterocycles. The number of para-hydroxylation sites is 1. The van der Waals surface area contributed by atoms with Crippen molar-refractivity contribution in [1.29, 1.82) is 0 Å². The van der Waals surface area contributed by atoms with E-state index >= 15 is 0 Å². The monoisotopic (exact) mass is 317 g/mol. The van der Waals surface area contributed by atoms with E-state index in [9.17, 15) is 4.79 Å². The van der Waals surface area contributed by atoms with Gasteiger partial charge in [-0.05, 0) is 35.4 Å². The standard InChI is InChI=1S/C15H19N5O3/c1-20-14(17-18-19-20)10-23-13-7-3-2-6-12(13)15(21)16-9-11-5-4-8-22-11/h2-3,6-7,11H,4-5,8-10H2,1H3,(H,16,21)/t11-/m0/s1. The fourth-order valence-electron chi connectivity index (χ4n) is 2.40. The molecule has 1 saturated heterocycles. The van der Waals surface area contributed by atoms with Gasteiger partial charge in [0.15, 0.2) is 5.82 Å². The molecule has 0 bridgehead atoms. The average molecular weight is 317 g/mol. The zero-order chi connectivity index (χ0) is 16.1. The Bertz CT molecular complexity index is 667. The smallest absolute Gasteiger partial charge is 0.255 e. The predicted octanol–water partition coefficient (Wildman–Crippen LogP) is 0.698. The van der Waals surface area contributed by atoms with E-state index in [4.69, 9.17) is 9.47 Å². The Morgan fingerprint density at radius 2 is 2.35 bits per heavy atom. The van der Waals surface area contributed by atoms with E-state index in [2.05, 4.69) is 20.8 Å². The fourth-order valence-corrected chi connectivity index (χ4v) is 2.40. The fraction of sp³-hybridized carbons (Fsp3) is 0.467. The Morgan fingerprint density at radius 3 is 3.09 bits per heavy atom. The number of aromatic nitrogens is 4. The summed E-state index contributed by atoms with van der Waals surface area (Å²) < 4.78 is 12.7. The average Bonchev–Trinajstić information content (AvgIpc) is 3.22. The Morgan fingerprint density at radius 1 is 1.48 bits per heavy atom. The normalized spacial score (nSPS) is 17.2. The molecule has 8 nitrogen and oxygen atoms in total. The van der Waals surface area contributed by atoms with Gasteiger partial charge in [-0.25, -0.2) is 4.68 Å². The van der Waals surface area contributed by atoms with Gasteiger partial charge in [0.25, 0.3) is 5.91 Å². The number of ether oxygens (including phenoxy) is 2. The van der Waals surface area contributed by atoms with Crippen LogP contribution in [0.2, 0.25) is 0 Å². The van der Waals surface area contributed by atoms with Crippen molar-refractivity contribution in [2.75, 3.05) is 13.2 Å². The summed E-state index contributed by atoms with van der Waals surface area (Å²) in [7, 11) is 1.74. The first-order valence-corrected chi connectivity index (χ1v) is 7.57. The van der Waals surface area contributed by atoms with Crippen molar-refractivity contribution in [3.63, 3.8) is 0 Å². The van der Waals surface area contributed by atoms with Crippen molar-refractivity contribution in [2.45, 2.75) is 25.6 Å². The van der Waals surface area contributed by atoms with Gasteiger partial charge in [0.2, 0.25) is 0 Å². The van der Waals surface area contributed by atoms with E-state index in [1.807, 2.05) is 6.07 Å². The highest BCUT2D eigenvalue weighted by atomic mass is 16.5. The Labute approximate surface area is 133 Å². The number of carbonyl (C=O) groups excluding carboxylic acids is 1. The molecule has 0 radical (unpaired) electrons. The van der Waals surface area contributed by atoms with Crippen molar-refractivity contribution in [3.05, 3.63) is 35.7 Å². The number of nitrogens with one attached hydrogen (secondary N) is 1. The lowest BCUT2D eigenvalue weighted by atomic mass is 10.1. The van der Waals surface area contributed by atoms with Crippen LogP contribution >= 0.6 is 0 Å². The van der Waals surface area contributed by atoms with Gasteiger partial charge < -0.3 is 14.8 Å². The summed E-state index contributed by atoms with van der Waals surface area (Å²) in [6.45, 7) is 1.48. The maximum Gasteiger partial charge on any atom is 0.255 e. The van der Waals surface area contributed by atoms with E-state index in [1.165, 1.54) is 4.68 Å². The van der Waals surface area contributed by atoms with Crippen molar-refractivity contribution < 1.29 is 14.3 Å². The van der Waals surface area contributed by atoms with Crippen LogP contribution in [0.4, 0.5) is 0 Å². The highest BCUT2D eigenvalue weighted by Gasteiger charge is 2.18. The summed E-state index contributed by atoms with van der Waals surface area (Å²) >= 11 is 0. The molecular formula is C15H19N5O3. The Kier molecular flexibility index (Phi) is 4.82. The third-order valence-corrected chi connectivity index (χ3v) is 3.71. The van der Waals surface area contributed by atoms with Gasteiger partial charge in [0.05, 0.1) is 11.7 Å². The molecule has 1 aromatic heterocycles. The molecule has 8 heteroatoms. The van der Waals surface area contributed by atoms with Gasteiger partial charge in [-0.2, -0.15) is 0 Å². The maximum atomic E-state index is 12.4. The molecular weight excluding hydrogens is 298 g/mol. The summed E-state index contributed by atoms with van der Waals surface area (Å²) in [6.07, 6.45) is 2.14. The molecule has 3 rings (SSSR count). The Hall–Kier alpha value is -2.48. The van der Waals surface area contributed by atoms with Gasteiger partial charge in [-0.1, -0.05) is 12.1 Å². The number of tetrazole rings is 1. The maximum absolute atomic E-state index is 12.4. The predicted molar refractivity (Wildman–Crippen MR) is 80.9 cm³/mol. The molecule has 1 aromatic carbocycles. The largest absolute Gasteiger partial charge is 0.485 e. The molecule has 2 heterocycles. The van der Waals surface area contributed by atoms with Crippen molar-refractivity contribution in [2.24, 2.45) is 7.05 Å². The summed E-state index contributed by atoms with van der Waals surface area (Å²) in [5.74, 6) is 0.909. The minimum atomic E-state index is -0.174. The summed E-state index contributed by atoms with van der Waals surface area (Å²) in [6, 6.07) is 7.11. The van der Waals surface area contributed by atoms with Crippen LogP contribution in [0, 0.1) is 0 Å². The van der Waals surface area contributed by atoms with Crippen molar-refractivity contribution in [3.8, 4) is 5.75 Å². The molecule has 0 saturated carbocycles.